The van der Waals surface area contributed by atoms with Crippen LogP contribution in [0.5, 0.6) is 11.5 Å². The number of nitrogens with zero attached hydrogens (tertiary/aromatic N) is 1. The van der Waals surface area contributed by atoms with E-state index >= 15 is 0 Å². The predicted octanol–water partition coefficient (Wildman–Crippen LogP) is 5.13. The summed E-state index contributed by atoms with van der Waals surface area (Å²) in [7, 11) is 3.42. The SMILES string of the molecule is COc1cccc(CN2CCCCCC2c2ccc(C)cc2)c1OC. The normalized spacial score (nSPS) is 18.6. The zero-order chi connectivity index (χ0) is 17.6. The molecule has 3 rings (SSSR count). The first-order chi connectivity index (χ1) is 12.2. The van der Waals surface area contributed by atoms with E-state index in [-0.39, 0.29) is 0 Å². The Morgan fingerprint density at radius 3 is 2.48 bits per heavy atom. The van der Waals surface area contributed by atoms with Crippen LogP contribution in [0.4, 0.5) is 0 Å². The minimum atomic E-state index is 0.471. The van der Waals surface area contributed by atoms with Gasteiger partial charge in [0.1, 0.15) is 0 Å². The molecule has 0 amide bonds. The van der Waals surface area contributed by atoms with Gasteiger partial charge in [-0.15, -0.1) is 0 Å². The lowest BCUT2D eigenvalue weighted by atomic mass is 9.99. The molecule has 1 heterocycles. The lowest BCUT2D eigenvalue weighted by Crippen LogP contribution is -2.28. The van der Waals surface area contributed by atoms with E-state index in [1.54, 1.807) is 14.2 Å². The number of para-hydroxylation sites is 1. The van der Waals surface area contributed by atoms with Gasteiger partial charge in [-0.05, 0) is 37.9 Å². The number of rotatable bonds is 5. The third-order valence-corrected chi connectivity index (χ3v) is 5.18. The number of hydrogen-bond donors (Lipinski definition) is 0. The highest BCUT2D eigenvalue weighted by Gasteiger charge is 2.24. The molecule has 1 atom stereocenters. The number of hydrogen-bond acceptors (Lipinski definition) is 3. The third-order valence-electron chi connectivity index (χ3n) is 5.18. The second-order valence-electron chi connectivity index (χ2n) is 6.90. The van der Waals surface area contributed by atoms with Gasteiger partial charge in [0, 0.05) is 18.2 Å². The molecule has 0 saturated carbocycles. The number of methoxy groups -OCH3 is 2. The smallest absolute Gasteiger partial charge is 0.165 e. The average molecular weight is 339 g/mol. The van der Waals surface area contributed by atoms with Gasteiger partial charge >= 0.3 is 0 Å². The Morgan fingerprint density at radius 2 is 1.76 bits per heavy atom. The minimum Gasteiger partial charge on any atom is -0.493 e. The van der Waals surface area contributed by atoms with Crippen molar-refractivity contribution in [3.63, 3.8) is 0 Å². The summed E-state index contributed by atoms with van der Waals surface area (Å²) in [5.74, 6) is 1.67. The van der Waals surface area contributed by atoms with Crippen molar-refractivity contribution in [2.24, 2.45) is 0 Å². The Balaban J connectivity index is 1.88. The van der Waals surface area contributed by atoms with E-state index in [2.05, 4.69) is 48.2 Å². The molecule has 25 heavy (non-hydrogen) atoms. The molecule has 3 heteroatoms. The summed E-state index contributed by atoms with van der Waals surface area (Å²) in [4.78, 5) is 2.61. The van der Waals surface area contributed by atoms with E-state index < -0.39 is 0 Å². The maximum Gasteiger partial charge on any atom is 0.165 e. The monoisotopic (exact) mass is 339 g/mol. The average Bonchev–Trinajstić information content (AvgIpc) is 2.87. The van der Waals surface area contributed by atoms with Crippen molar-refractivity contribution >= 4 is 0 Å². The molecule has 0 bridgehead atoms. The first kappa shape index (κ1) is 17.8. The molecule has 1 saturated heterocycles. The van der Waals surface area contributed by atoms with E-state index in [9.17, 15) is 0 Å². The quantitative estimate of drug-likeness (QED) is 0.754. The third kappa shape index (κ3) is 4.16. The Bertz CT molecular complexity index is 681. The van der Waals surface area contributed by atoms with Crippen LogP contribution in [0.25, 0.3) is 0 Å². The molecule has 1 fully saturated rings. The molecule has 3 nitrogen and oxygen atoms in total. The molecule has 2 aromatic carbocycles. The van der Waals surface area contributed by atoms with Gasteiger partial charge in [-0.1, -0.05) is 54.8 Å². The fourth-order valence-corrected chi connectivity index (χ4v) is 3.82. The zero-order valence-corrected chi connectivity index (χ0v) is 15.6. The zero-order valence-electron chi connectivity index (χ0n) is 15.6. The van der Waals surface area contributed by atoms with Crippen molar-refractivity contribution in [2.75, 3.05) is 20.8 Å². The minimum absolute atomic E-state index is 0.471. The Hall–Kier alpha value is -2.00. The molecule has 1 aliphatic heterocycles. The highest BCUT2D eigenvalue weighted by atomic mass is 16.5. The number of likely N-dealkylation sites (tertiary alicyclic amines) is 1. The van der Waals surface area contributed by atoms with E-state index in [1.807, 2.05) is 6.07 Å². The summed E-state index contributed by atoms with van der Waals surface area (Å²) in [5.41, 5.74) is 3.94. The van der Waals surface area contributed by atoms with Gasteiger partial charge in [-0.3, -0.25) is 4.90 Å². The van der Waals surface area contributed by atoms with Gasteiger partial charge in [0.25, 0.3) is 0 Å². The van der Waals surface area contributed by atoms with Crippen LogP contribution < -0.4 is 9.47 Å². The number of benzene rings is 2. The van der Waals surface area contributed by atoms with Crippen molar-refractivity contribution in [1.82, 2.24) is 4.90 Å². The van der Waals surface area contributed by atoms with Crippen molar-refractivity contribution in [3.05, 3.63) is 59.2 Å². The number of ether oxygens (including phenoxy) is 2. The Kier molecular flexibility index (Phi) is 5.98. The maximum atomic E-state index is 5.65. The van der Waals surface area contributed by atoms with E-state index in [1.165, 1.54) is 42.4 Å². The molecular formula is C22H29NO2. The van der Waals surface area contributed by atoms with Crippen LogP contribution in [0.1, 0.15) is 48.4 Å². The molecule has 0 spiro atoms. The van der Waals surface area contributed by atoms with Crippen molar-refractivity contribution in [2.45, 2.75) is 45.2 Å². The summed E-state index contributed by atoms with van der Waals surface area (Å²) in [6.07, 6.45) is 5.09. The van der Waals surface area contributed by atoms with Gasteiger partial charge in [-0.25, -0.2) is 0 Å². The molecular weight excluding hydrogens is 310 g/mol. The summed E-state index contributed by atoms with van der Waals surface area (Å²) < 4.78 is 11.1. The van der Waals surface area contributed by atoms with Crippen molar-refractivity contribution in [1.29, 1.82) is 0 Å². The molecule has 0 aromatic heterocycles. The van der Waals surface area contributed by atoms with E-state index in [4.69, 9.17) is 9.47 Å². The highest BCUT2D eigenvalue weighted by Crippen LogP contribution is 2.36. The van der Waals surface area contributed by atoms with E-state index in [0.717, 1.165) is 24.6 Å². The largest absolute Gasteiger partial charge is 0.493 e. The van der Waals surface area contributed by atoms with Crippen LogP contribution in [0.3, 0.4) is 0 Å². The first-order valence-electron chi connectivity index (χ1n) is 9.23. The second-order valence-corrected chi connectivity index (χ2v) is 6.90. The summed E-state index contributed by atoms with van der Waals surface area (Å²) in [6, 6.07) is 15.7. The fourth-order valence-electron chi connectivity index (χ4n) is 3.82. The molecule has 0 N–H and O–H groups in total. The molecule has 2 aromatic rings. The lowest BCUT2D eigenvalue weighted by molar-refractivity contribution is 0.189. The van der Waals surface area contributed by atoms with Crippen LogP contribution >= 0.6 is 0 Å². The standard InChI is InChI=1S/C22H29NO2/c1-17-11-13-18(14-12-17)20-9-5-4-6-15-23(20)16-19-8-7-10-21(24-2)22(19)25-3/h7-8,10-14,20H,4-6,9,15-16H2,1-3H3. The van der Waals surface area contributed by atoms with Crippen molar-refractivity contribution in [3.8, 4) is 11.5 Å². The van der Waals surface area contributed by atoms with Crippen molar-refractivity contribution < 1.29 is 9.47 Å². The fraction of sp³-hybridized carbons (Fsp3) is 0.455. The molecule has 134 valence electrons. The Morgan fingerprint density at radius 1 is 0.960 bits per heavy atom. The van der Waals surface area contributed by atoms with Crippen LogP contribution in [-0.2, 0) is 6.54 Å². The molecule has 0 aliphatic carbocycles. The predicted molar refractivity (Wildman–Crippen MR) is 102 cm³/mol. The summed E-state index contributed by atoms with van der Waals surface area (Å²) in [6.45, 7) is 4.16. The van der Waals surface area contributed by atoms with E-state index in [0.29, 0.717) is 6.04 Å². The summed E-state index contributed by atoms with van der Waals surface area (Å²) >= 11 is 0. The van der Waals surface area contributed by atoms with Gasteiger partial charge in [0.2, 0.25) is 0 Å². The van der Waals surface area contributed by atoms with Gasteiger partial charge in [-0.2, -0.15) is 0 Å². The first-order valence-corrected chi connectivity index (χ1v) is 9.23. The van der Waals surface area contributed by atoms with Gasteiger partial charge in [0.05, 0.1) is 14.2 Å². The highest BCUT2D eigenvalue weighted by molar-refractivity contribution is 5.46. The van der Waals surface area contributed by atoms with Gasteiger partial charge < -0.3 is 9.47 Å². The molecule has 0 radical (unpaired) electrons. The maximum absolute atomic E-state index is 5.65. The van der Waals surface area contributed by atoms with Gasteiger partial charge in [0.15, 0.2) is 11.5 Å². The van der Waals surface area contributed by atoms with Crippen LogP contribution in [0.2, 0.25) is 0 Å². The second kappa shape index (κ2) is 8.39. The molecule has 1 aliphatic rings. The Labute approximate surface area is 151 Å². The molecule has 1 unspecified atom stereocenters. The van der Waals surface area contributed by atoms with Crippen LogP contribution in [0.15, 0.2) is 42.5 Å². The number of aryl methyl sites for hydroxylation is 1. The van der Waals surface area contributed by atoms with Crippen LogP contribution in [0, 0.1) is 6.92 Å². The summed E-state index contributed by atoms with van der Waals surface area (Å²) in [5, 5.41) is 0. The lowest BCUT2D eigenvalue weighted by Gasteiger charge is -2.31. The van der Waals surface area contributed by atoms with Crippen LogP contribution in [-0.4, -0.2) is 25.7 Å². The topological polar surface area (TPSA) is 21.7 Å².